The molecule has 0 aromatic heterocycles. The van der Waals surface area contributed by atoms with Crippen LogP contribution in [0.2, 0.25) is 0 Å². The van der Waals surface area contributed by atoms with Gasteiger partial charge in [0.2, 0.25) is 5.75 Å². The fraction of sp³-hybridized carbons (Fsp3) is 0.304. The minimum atomic E-state index is -0.528. The lowest BCUT2D eigenvalue weighted by Crippen LogP contribution is -2.16. The molecule has 7 heteroatoms. The van der Waals surface area contributed by atoms with Gasteiger partial charge in [-0.25, -0.2) is 4.79 Å². The van der Waals surface area contributed by atoms with Gasteiger partial charge in [-0.2, -0.15) is 0 Å². The number of hydrogen-bond acceptors (Lipinski definition) is 7. The topological polar surface area (TPSA) is 80.3 Å². The number of benzene rings is 2. The maximum atomic E-state index is 12.2. The van der Waals surface area contributed by atoms with E-state index in [1.54, 1.807) is 43.5 Å². The smallest absolute Gasteiger partial charge is 0.331 e. The van der Waals surface area contributed by atoms with E-state index in [1.807, 2.05) is 6.92 Å². The number of ketones is 1. The molecule has 0 bridgehead atoms. The van der Waals surface area contributed by atoms with Gasteiger partial charge in [0.15, 0.2) is 17.3 Å². The van der Waals surface area contributed by atoms with Crippen molar-refractivity contribution < 1.29 is 33.3 Å². The first kappa shape index (κ1) is 21.2. The van der Waals surface area contributed by atoms with Gasteiger partial charge in [-0.15, -0.1) is 0 Å². The highest BCUT2D eigenvalue weighted by atomic mass is 16.6. The molecule has 1 aliphatic rings. The van der Waals surface area contributed by atoms with Crippen LogP contribution in [0.4, 0.5) is 0 Å². The van der Waals surface area contributed by atoms with Crippen LogP contribution < -0.4 is 18.9 Å². The summed E-state index contributed by atoms with van der Waals surface area (Å²) < 4.78 is 27.4. The van der Waals surface area contributed by atoms with Crippen molar-refractivity contribution >= 4 is 17.8 Å². The summed E-state index contributed by atoms with van der Waals surface area (Å²) in [5.41, 5.74) is 1.87. The van der Waals surface area contributed by atoms with Gasteiger partial charge >= 0.3 is 5.97 Å². The molecule has 0 amide bonds. The average Bonchev–Trinajstić information content (AvgIpc) is 2.76. The molecule has 0 saturated carbocycles. The number of hydrogen-bond donors (Lipinski definition) is 0. The van der Waals surface area contributed by atoms with Gasteiger partial charge in [-0.3, -0.25) is 4.79 Å². The molecule has 1 heterocycles. The van der Waals surface area contributed by atoms with Gasteiger partial charge in [-0.1, -0.05) is 0 Å². The molecule has 0 saturated heterocycles. The highest BCUT2D eigenvalue weighted by Crippen LogP contribution is 2.40. The average molecular weight is 412 g/mol. The van der Waals surface area contributed by atoms with Crippen LogP contribution >= 0.6 is 0 Å². The third kappa shape index (κ3) is 5.11. The Kier molecular flexibility index (Phi) is 6.95. The second-order valence-corrected chi connectivity index (χ2v) is 6.50. The van der Waals surface area contributed by atoms with Gasteiger partial charge in [0.1, 0.15) is 25.6 Å². The summed E-state index contributed by atoms with van der Waals surface area (Å²) in [5, 5.41) is 0. The Labute approximate surface area is 175 Å². The Bertz CT molecular complexity index is 945. The summed E-state index contributed by atoms with van der Waals surface area (Å²) in [5.74, 6) is 1.63. The van der Waals surface area contributed by atoms with E-state index in [0.717, 1.165) is 0 Å². The minimum Gasteiger partial charge on any atom is -0.493 e. The van der Waals surface area contributed by atoms with Crippen LogP contribution in [0.5, 0.6) is 23.0 Å². The van der Waals surface area contributed by atoms with Crippen molar-refractivity contribution in [1.29, 1.82) is 0 Å². The fourth-order valence-electron chi connectivity index (χ4n) is 2.96. The van der Waals surface area contributed by atoms with Crippen LogP contribution in [0.1, 0.15) is 35.3 Å². The number of rotatable bonds is 8. The number of Topliss-reactive ketones (excluding diaryl/α,β-unsaturated/α-hetero) is 1. The summed E-state index contributed by atoms with van der Waals surface area (Å²) in [6.45, 7) is 4.71. The zero-order valence-electron chi connectivity index (χ0n) is 17.2. The Morgan fingerprint density at radius 3 is 2.63 bits per heavy atom. The third-order valence-corrected chi connectivity index (χ3v) is 4.40. The molecule has 158 valence electrons. The summed E-state index contributed by atoms with van der Waals surface area (Å²) in [6, 6.07) is 8.59. The van der Waals surface area contributed by atoms with E-state index in [4.69, 9.17) is 23.7 Å². The molecule has 0 fully saturated rings. The van der Waals surface area contributed by atoms with Gasteiger partial charge < -0.3 is 23.7 Å². The lowest BCUT2D eigenvalue weighted by atomic mass is 10.1. The van der Waals surface area contributed by atoms with Gasteiger partial charge in [0.05, 0.1) is 13.7 Å². The molecule has 7 nitrogen and oxygen atoms in total. The van der Waals surface area contributed by atoms with Crippen LogP contribution in [-0.2, 0) is 16.1 Å². The highest BCUT2D eigenvalue weighted by molar-refractivity contribution is 5.94. The lowest BCUT2D eigenvalue weighted by molar-refractivity contribution is -0.138. The van der Waals surface area contributed by atoms with Crippen molar-refractivity contribution in [1.82, 2.24) is 0 Å². The monoisotopic (exact) mass is 412 g/mol. The molecule has 0 radical (unpaired) electrons. The van der Waals surface area contributed by atoms with Crippen molar-refractivity contribution in [2.24, 2.45) is 0 Å². The lowest BCUT2D eigenvalue weighted by Gasteiger charge is -2.20. The molecule has 1 aliphatic heterocycles. The SMILES string of the molecule is CCOc1ccc(C(C)=O)cc1COC(=O)/C=C/c1cc(OC)c2c(c1)OCCO2. The van der Waals surface area contributed by atoms with Crippen LogP contribution in [0.3, 0.4) is 0 Å². The standard InChI is InChI=1S/C23H24O7/c1-4-27-19-7-6-17(15(2)24)13-18(19)14-30-22(25)8-5-16-11-20(26-3)23-21(12-16)28-9-10-29-23/h5-8,11-13H,4,9-10,14H2,1-3H3/b8-5+. The highest BCUT2D eigenvalue weighted by Gasteiger charge is 2.18. The summed E-state index contributed by atoms with van der Waals surface area (Å²) in [4.78, 5) is 23.8. The van der Waals surface area contributed by atoms with Crippen LogP contribution in [-0.4, -0.2) is 38.7 Å². The molecule has 0 N–H and O–H groups in total. The van der Waals surface area contributed by atoms with Crippen LogP contribution in [0.25, 0.3) is 6.08 Å². The van der Waals surface area contributed by atoms with Crippen molar-refractivity contribution in [3.8, 4) is 23.0 Å². The van der Waals surface area contributed by atoms with Crippen molar-refractivity contribution in [2.45, 2.75) is 20.5 Å². The van der Waals surface area contributed by atoms with E-state index in [1.165, 1.54) is 13.0 Å². The van der Waals surface area contributed by atoms with E-state index in [9.17, 15) is 9.59 Å². The third-order valence-electron chi connectivity index (χ3n) is 4.40. The van der Waals surface area contributed by atoms with Gasteiger partial charge in [-0.05, 0) is 55.8 Å². The van der Waals surface area contributed by atoms with E-state index < -0.39 is 5.97 Å². The van der Waals surface area contributed by atoms with Crippen LogP contribution in [0.15, 0.2) is 36.4 Å². The van der Waals surface area contributed by atoms with Gasteiger partial charge in [0.25, 0.3) is 0 Å². The number of fused-ring (bicyclic) bond motifs is 1. The Balaban J connectivity index is 1.70. The molecule has 2 aromatic rings. The molecule has 0 unspecified atom stereocenters. The van der Waals surface area contributed by atoms with E-state index in [0.29, 0.717) is 59.5 Å². The predicted octanol–water partition coefficient (Wildman–Crippen LogP) is 3.82. The number of esters is 1. The quantitative estimate of drug-likeness (QED) is 0.370. The Morgan fingerprint density at radius 2 is 1.90 bits per heavy atom. The fourth-order valence-corrected chi connectivity index (χ4v) is 2.96. The van der Waals surface area contributed by atoms with E-state index >= 15 is 0 Å². The zero-order valence-corrected chi connectivity index (χ0v) is 17.2. The molecule has 2 aromatic carbocycles. The summed E-state index contributed by atoms with van der Waals surface area (Å²) >= 11 is 0. The Morgan fingerprint density at radius 1 is 1.10 bits per heavy atom. The summed E-state index contributed by atoms with van der Waals surface area (Å²) in [7, 11) is 1.54. The van der Waals surface area contributed by atoms with Crippen molar-refractivity contribution in [2.75, 3.05) is 26.9 Å². The first-order valence-electron chi connectivity index (χ1n) is 9.61. The van der Waals surface area contributed by atoms with E-state index in [-0.39, 0.29) is 12.4 Å². The molecule has 0 spiro atoms. The second kappa shape index (κ2) is 9.82. The summed E-state index contributed by atoms with van der Waals surface area (Å²) in [6.07, 6.45) is 2.93. The Hall–Kier alpha value is -3.48. The number of methoxy groups -OCH3 is 1. The number of ether oxygens (including phenoxy) is 5. The van der Waals surface area contributed by atoms with Crippen molar-refractivity contribution in [3.63, 3.8) is 0 Å². The van der Waals surface area contributed by atoms with Gasteiger partial charge in [0, 0.05) is 17.2 Å². The predicted molar refractivity (Wildman–Crippen MR) is 110 cm³/mol. The van der Waals surface area contributed by atoms with E-state index in [2.05, 4.69) is 0 Å². The first-order chi connectivity index (χ1) is 14.5. The molecule has 0 aliphatic carbocycles. The maximum absolute atomic E-state index is 12.2. The van der Waals surface area contributed by atoms with Crippen LogP contribution in [0, 0.1) is 0 Å². The largest absolute Gasteiger partial charge is 0.493 e. The second-order valence-electron chi connectivity index (χ2n) is 6.50. The molecule has 0 atom stereocenters. The number of carbonyl (C=O) groups excluding carboxylic acids is 2. The zero-order chi connectivity index (χ0) is 21.5. The molecular weight excluding hydrogens is 388 g/mol. The molecule has 3 rings (SSSR count). The minimum absolute atomic E-state index is 0.00983. The molecule has 30 heavy (non-hydrogen) atoms. The number of carbonyl (C=O) groups is 2. The van der Waals surface area contributed by atoms with Crippen molar-refractivity contribution in [3.05, 3.63) is 53.1 Å². The maximum Gasteiger partial charge on any atom is 0.331 e. The first-order valence-corrected chi connectivity index (χ1v) is 9.61. The normalized spacial score (nSPS) is 12.5. The molecular formula is C23H24O7.